The van der Waals surface area contributed by atoms with Crippen LogP contribution in [0.4, 0.5) is 10.5 Å². The predicted octanol–water partition coefficient (Wildman–Crippen LogP) is 0.319. The average Bonchev–Trinajstić information content (AvgIpc) is 2.26. The number of carboxylic acid groups (broad SMARTS) is 1. The van der Waals surface area contributed by atoms with E-state index < -0.39 is 28.1 Å². The molecule has 2 amide bonds. The predicted molar refractivity (Wildman–Crippen MR) is 71.7 cm³/mol. The van der Waals surface area contributed by atoms with Gasteiger partial charge < -0.3 is 15.7 Å². The van der Waals surface area contributed by atoms with Crippen molar-refractivity contribution in [3.8, 4) is 0 Å². The van der Waals surface area contributed by atoms with Crippen LogP contribution in [0.25, 0.3) is 0 Å². The molecule has 0 saturated carbocycles. The van der Waals surface area contributed by atoms with Gasteiger partial charge >= 0.3 is 12.0 Å². The molecule has 110 valence electrons. The highest BCUT2D eigenvalue weighted by Gasteiger charge is 2.11. The number of amides is 2. The Hall–Kier alpha value is -2.13. The lowest BCUT2D eigenvalue weighted by atomic mass is 10.2. The SMILES string of the molecule is CC(CC(=O)O)NC(=O)Nc1ccc(S(N)(=O)=O)cc1. The molecule has 0 bridgehead atoms. The summed E-state index contributed by atoms with van der Waals surface area (Å²) >= 11 is 0. The first-order valence-electron chi connectivity index (χ1n) is 5.60. The van der Waals surface area contributed by atoms with Crippen molar-refractivity contribution < 1.29 is 23.1 Å². The van der Waals surface area contributed by atoms with E-state index in [9.17, 15) is 18.0 Å². The molecule has 1 unspecified atom stereocenters. The van der Waals surface area contributed by atoms with Gasteiger partial charge in [-0.15, -0.1) is 0 Å². The maximum Gasteiger partial charge on any atom is 0.319 e. The number of carbonyl (C=O) groups excluding carboxylic acids is 1. The van der Waals surface area contributed by atoms with Gasteiger partial charge in [0.1, 0.15) is 0 Å². The molecule has 0 spiro atoms. The fourth-order valence-electron chi connectivity index (χ4n) is 1.43. The van der Waals surface area contributed by atoms with Crippen LogP contribution in [0.3, 0.4) is 0 Å². The largest absolute Gasteiger partial charge is 0.481 e. The van der Waals surface area contributed by atoms with E-state index in [1.165, 1.54) is 24.3 Å². The number of primary sulfonamides is 1. The molecular formula is C11H15N3O5S. The molecule has 0 saturated heterocycles. The Morgan fingerprint density at radius 2 is 1.85 bits per heavy atom. The van der Waals surface area contributed by atoms with Crippen LogP contribution in [0.1, 0.15) is 13.3 Å². The quantitative estimate of drug-likeness (QED) is 0.620. The summed E-state index contributed by atoms with van der Waals surface area (Å²) in [7, 11) is -3.77. The maximum absolute atomic E-state index is 11.5. The summed E-state index contributed by atoms with van der Waals surface area (Å²) in [6, 6.07) is 4.15. The summed E-state index contributed by atoms with van der Waals surface area (Å²) in [5, 5.41) is 18.4. The monoisotopic (exact) mass is 301 g/mol. The number of benzene rings is 1. The van der Waals surface area contributed by atoms with E-state index in [4.69, 9.17) is 10.2 Å². The van der Waals surface area contributed by atoms with Crippen LogP contribution in [-0.4, -0.2) is 31.6 Å². The van der Waals surface area contributed by atoms with Gasteiger partial charge in [-0.3, -0.25) is 4.79 Å². The highest BCUT2D eigenvalue weighted by atomic mass is 32.2. The van der Waals surface area contributed by atoms with Crippen LogP contribution < -0.4 is 15.8 Å². The third-order valence-electron chi connectivity index (χ3n) is 2.30. The molecule has 0 aliphatic heterocycles. The number of sulfonamides is 1. The highest BCUT2D eigenvalue weighted by molar-refractivity contribution is 7.89. The Morgan fingerprint density at radius 1 is 1.30 bits per heavy atom. The number of nitrogens with two attached hydrogens (primary N) is 1. The molecule has 1 aromatic carbocycles. The summed E-state index contributed by atoms with van der Waals surface area (Å²) in [6.45, 7) is 1.55. The Morgan fingerprint density at radius 3 is 2.30 bits per heavy atom. The van der Waals surface area contributed by atoms with Gasteiger partial charge in [0, 0.05) is 11.7 Å². The van der Waals surface area contributed by atoms with Gasteiger partial charge in [0.2, 0.25) is 10.0 Å². The van der Waals surface area contributed by atoms with Gasteiger partial charge in [0.15, 0.2) is 0 Å². The van der Waals surface area contributed by atoms with E-state index in [0.29, 0.717) is 5.69 Å². The van der Waals surface area contributed by atoms with Gasteiger partial charge in [-0.25, -0.2) is 18.4 Å². The Labute approximate surface area is 116 Å². The summed E-state index contributed by atoms with van der Waals surface area (Å²) in [5.74, 6) is -1.02. The van der Waals surface area contributed by atoms with Gasteiger partial charge in [-0.05, 0) is 31.2 Å². The van der Waals surface area contributed by atoms with Crippen molar-refractivity contribution in [1.29, 1.82) is 0 Å². The van der Waals surface area contributed by atoms with Crippen molar-refractivity contribution in [3.05, 3.63) is 24.3 Å². The van der Waals surface area contributed by atoms with Crippen LogP contribution in [0.5, 0.6) is 0 Å². The third-order valence-corrected chi connectivity index (χ3v) is 3.23. The standard InChI is InChI=1S/C11H15N3O5S/c1-7(6-10(15)16)13-11(17)14-8-2-4-9(5-3-8)20(12,18)19/h2-5,7H,6H2,1H3,(H,15,16)(H2,12,18,19)(H2,13,14,17). The first-order chi connectivity index (χ1) is 9.18. The minimum absolute atomic E-state index is 0.0669. The molecule has 0 fully saturated rings. The molecule has 9 heteroatoms. The zero-order chi connectivity index (χ0) is 15.3. The molecule has 1 aromatic rings. The minimum Gasteiger partial charge on any atom is -0.481 e. The molecule has 0 aliphatic carbocycles. The number of urea groups is 1. The number of carboxylic acids is 1. The molecule has 0 aliphatic rings. The summed E-state index contributed by atoms with van der Waals surface area (Å²) in [4.78, 5) is 21.9. The smallest absolute Gasteiger partial charge is 0.319 e. The van der Waals surface area contributed by atoms with Crippen LogP contribution in [-0.2, 0) is 14.8 Å². The lowest BCUT2D eigenvalue weighted by molar-refractivity contribution is -0.137. The summed E-state index contributed by atoms with van der Waals surface area (Å²) < 4.78 is 22.1. The van der Waals surface area contributed by atoms with Crippen LogP contribution in [0.2, 0.25) is 0 Å². The van der Waals surface area contributed by atoms with Crippen molar-refractivity contribution in [2.75, 3.05) is 5.32 Å². The second kappa shape index (κ2) is 6.35. The topological polar surface area (TPSA) is 139 Å². The number of aliphatic carboxylic acids is 1. The first-order valence-corrected chi connectivity index (χ1v) is 7.15. The van der Waals surface area contributed by atoms with Crippen molar-refractivity contribution in [3.63, 3.8) is 0 Å². The molecule has 20 heavy (non-hydrogen) atoms. The third kappa shape index (κ3) is 5.24. The van der Waals surface area contributed by atoms with E-state index in [1.807, 2.05) is 0 Å². The van der Waals surface area contributed by atoms with Gasteiger partial charge in [-0.1, -0.05) is 0 Å². The van der Waals surface area contributed by atoms with Gasteiger partial charge in [0.05, 0.1) is 11.3 Å². The molecule has 1 rings (SSSR count). The van der Waals surface area contributed by atoms with Gasteiger partial charge in [0.25, 0.3) is 0 Å². The molecule has 0 radical (unpaired) electrons. The molecule has 0 aromatic heterocycles. The lowest BCUT2D eigenvalue weighted by Gasteiger charge is -2.12. The molecular weight excluding hydrogens is 286 g/mol. The molecule has 8 nitrogen and oxygen atoms in total. The number of nitrogens with one attached hydrogen (secondary N) is 2. The maximum atomic E-state index is 11.5. The van der Waals surface area contributed by atoms with Crippen LogP contribution in [0.15, 0.2) is 29.2 Å². The fourth-order valence-corrected chi connectivity index (χ4v) is 1.95. The average molecular weight is 301 g/mol. The molecule has 0 heterocycles. The zero-order valence-corrected chi connectivity index (χ0v) is 11.5. The highest BCUT2D eigenvalue weighted by Crippen LogP contribution is 2.12. The number of anilines is 1. The van der Waals surface area contributed by atoms with Crippen molar-refractivity contribution in [2.45, 2.75) is 24.3 Å². The lowest BCUT2D eigenvalue weighted by Crippen LogP contribution is -2.37. The minimum atomic E-state index is -3.77. The van der Waals surface area contributed by atoms with Crippen LogP contribution >= 0.6 is 0 Å². The normalized spacial score (nSPS) is 12.5. The van der Waals surface area contributed by atoms with E-state index >= 15 is 0 Å². The van der Waals surface area contributed by atoms with Gasteiger partial charge in [-0.2, -0.15) is 0 Å². The van der Waals surface area contributed by atoms with E-state index in [1.54, 1.807) is 6.92 Å². The van der Waals surface area contributed by atoms with Crippen LogP contribution in [0, 0.1) is 0 Å². The second-order valence-electron chi connectivity index (χ2n) is 4.17. The van der Waals surface area contributed by atoms with Crippen molar-refractivity contribution >= 4 is 27.7 Å². The van der Waals surface area contributed by atoms with E-state index in [0.717, 1.165) is 0 Å². The number of hydrogen-bond acceptors (Lipinski definition) is 4. The first kappa shape index (κ1) is 15.9. The van der Waals surface area contributed by atoms with Crippen molar-refractivity contribution in [1.82, 2.24) is 5.32 Å². The van der Waals surface area contributed by atoms with E-state index in [-0.39, 0.29) is 11.3 Å². The summed E-state index contributed by atoms with van der Waals surface area (Å²) in [6.07, 6.45) is -0.197. The number of hydrogen-bond donors (Lipinski definition) is 4. The Kier molecular flexibility index (Phi) is 5.06. The Balaban J connectivity index is 2.61. The fraction of sp³-hybridized carbons (Fsp3) is 0.273. The van der Waals surface area contributed by atoms with Crippen molar-refractivity contribution in [2.24, 2.45) is 5.14 Å². The second-order valence-corrected chi connectivity index (χ2v) is 5.73. The molecule has 1 atom stereocenters. The summed E-state index contributed by atoms with van der Waals surface area (Å²) in [5.41, 5.74) is 0.359. The van der Waals surface area contributed by atoms with E-state index in [2.05, 4.69) is 10.6 Å². The number of carbonyl (C=O) groups is 2. The number of rotatable bonds is 5. The molecule has 5 N–H and O–H groups in total. The Bertz CT molecular complexity index is 597. The zero-order valence-electron chi connectivity index (χ0n) is 10.7.